The molecule has 5 heteroatoms. The summed E-state index contributed by atoms with van der Waals surface area (Å²) >= 11 is 0. The molecule has 0 unspecified atom stereocenters. The second-order valence-electron chi connectivity index (χ2n) is 32.4. The highest BCUT2D eigenvalue weighted by Gasteiger charge is 2.46. The Hall–Kier alpha value is -10.9. The fourth-order valence-corrected chi connectivity index (χ4v) is 16.4. The topological polar surface area (TPSA) is 16.3 Å². The van der Waals surface area contributed by atoms with Crippen molar-refractivity contribution < 1.29 is 35.6 Å². The van der Waals surface area contributed by atoms with Crippen LogP contribution in [0, 0.1) is 0 Å². The number of anilines is 6. The maximum Gasteiger partial charge on any atom is 0.252 e. The third kappa shape index (κ3) is 11.2. The number of para-hydroxylation sites is 2. The van der Waals surface area contributed by atoms with Gasteiger partial charge >= 0.3 is 0 Å². The minimum absolute atomic E-state index is 0.0813. The van der Waals surface area contributed by atoms with E-state index in [1.54, 1.807) is 9.80 Å². The van der Waals surface area contributed by atoms with Crippen molar-refractivity contribution in [3.8, 4) is 55.9 Å². The molecule has 0 bridgehead atoms. The average Bonchev–Trinajstić information content (AvgIpc) is 0.924. The van der Waals surface area contributed by atoms with Gasteiger partial charge < -0.3 is 18.9 Å². The predicted molar refractivity (Wildman–Crippen MR) is 452 cm³/mol. The molecule has 0 N–H and O–H groups in total. The number of rotatable bonds is 9. The minimum Gasteiger partial charge on any atom is -0.310 e. The van der Waals surface area contributed by atoms with Gasteiger partial charge in [0, 0.05) is 77.9 Å². The molecule has 1 aliphatic carbocycles. The second-order valence-corrected chi connectivity index (χ2v) is 32.4. The van der Waals surface area contributed by atoms with Crippen LogP contribution in [0.25, 0.3) is 99.5 Å². The molecule has 3 aliphatic rings. The zero-order chi connectivity index (χ0) is 94.6. The van der Waals surface area contributed by atoms with Crippen LogP contribution < -0.4 is 26.2 Å². The van der Waals surface area contributed by atoms with E-state index in [9.17, 15) is 30.2 Å². The Balaban J connectivity index is 1.12. The Labute approximate surface area is 657 Å². The first-order valence-corrected chi connectivity index (χ1v) is 36.2. The molecule has 0 atom stereocenters. The molecule has 0 amide bonds. The highest BCUT2D eigenvalue weighted by molar-refractivity contribution is 7.00. The lowest BCUT2D eigenvalue weighted by Crippen LogP contribution is -2.61. The predicted octanol–water partition coefficient (Wildman–Crippen LogP) is 25.9. The van der Waals surface area contributed by atoms with Crippen molar-refractivity contribution in [3.05, 3.63) is 306 Å². The summed E-state index contributed by atoms with van der Waals surface area (Å²) < 4.78 is 260. The number of hydrogen-bond donors (Lipinski definition) is 0. The first kappa shape index (κ1) is 43.4. The Morgan fingerprint density at radius 3 is 0.914 bits per heavy atom. The van der Waals surface area contributed by atoms with E-state index >= 15 is 0 Å². The summed E-state index contributed by atoms with van der Waals surface area (Å²) in [5.74, 6) is -0.444. The van der Waals surface area contributed by atoms with E-state index in [2.05, 4.69) is 165 Å². The van der Waals surface area contributed by atoms with E-state index in [-0.39, 0.29) is 49.9 Å². The number of aromatic nitrogens is 2. The number of hydrogen-bond acceptors (Lipinski definition) is 2. The van der Waals surface area contributed by atoms with E-state index < -0.39 is 226 Å². The van der Waals surface area contributed by atoms with Gasteiger partial charge in [-0.1, -0.05) is 296 Å². The third-order valence-corrected chi connectivity index (χ3v) is 21.8. The Bertz CT molecular complexity index is 6720. The van der Waals surface area contributed by atoms with Gasteiger partial charge in [0.05, 0.1) is 69.1 Å². The Morgan fingerprint density at radius 2 is 0.619 bits per heavy atom. The summed E-state index contributed by atoms with van der Waals surface area (Å²) in [6.45, 7) is 24.4. The van der Waals surface area contributed by atoms with Gasteiger partial charge in [-0.15, -0.1) is 0 Å². The van der Waals surface area contributed by atoms with Crippen LogP contribution in [0.15, 0.2) is 278 Å². The molecule has 1 saturated carbocycles. The fourth-order valence-electron chi connectivity index (χ4n) is 16.4. The highest BCUT2D eigenvalue weighted by atomic mass is 15.2. The lowest BCUT2D eigenvalue weighted by Gasteiger charge is -2.46. The lowest BCUT2D eigenvalue weighted by molar-refractivity contribution is 0.444. The molecule has 4 nitrogen and oxygen atoms in total. The Morgan fingerprint density at radius 1 is 0.314 bits per heavy atom. The van der Waals surface area contributed by atoms with Gasteiger partial charge in [-0.2, -0.15) is 0 Å². The molecular weight excluding hydrogens is 1270 g/mol. The van der Waals surface area contributed by atoms with Crippen molar-refractivity contribution in [2.45, 2.75) is 143 Å². The minimum atomic E-state index is -1.17. The van der Waals surface area contributed by atoms with Crippen molar-refractivity contribution in [2.24, 2.45) is 0 Å². The SMILES string of the molecule is [2H]c1c([2H])c([2H])c(-c2c([2H])c([2H])c([2H])c(-c3c([2H])c([2H])c([2H])c([2H])c3[2H])c2N2c3cc(-n4c5ccc(C(C)(C)C)cc5c5cc(C(C)(C)C)ccc54)ccc3B3c4ccc(-n5c6ccc(C(C)(C)C)cc6c6cc(C(C)(C)C)ccc65)cc4N(c4c(-c5c([2H])c([2H])c([2H])c([2H])c5[2H])c([2H])c([2H])c([2H])c4-c4c([2H])c([2H])c([2H])c([2H])c4[2H])c4cc(C5CCCCC5)cc2c43)c([2H])c1[2H]. The number of nitrogens with zero attached hydrogens (tertiary/aromatic N) is 4. The van der Waals surface area contributed by atoms with Gasteiger partial charge in [0.15, 0.2) is 0 Å². The van der Waals surface area contributed by atoms with Crippen molar-refractivity contribution >= 4 is 101 Å². The summed E-state index contributed by atoms with van der Waals surface area (Å²) in [7, 11) is 0. The molecule has 2 aliphatic heterocycles. The van der Waals surface area contributed by atoms with Crippen molar-refractivity contribution in [1.29, 1.82) is 0 Å². The normalized spacial score (nSPS) is 17.7. The second kappa shape index (κ2) is 24.9. The fraction of sp³-hybridized carbons (Fsp3) is 0.220. The number of fused-ring (bicyclic) bond motifs is 10. The summed E-state index contributed by atoms with van der Waals surface area (Å²) in [5, 5.41) is 3.54. The molecule has 105 heavy (non-hydrogen) atoms. The monoisotopic (exact) mass is 1390 g/mol. The van der Waals surface area contributed by atoms with Crippen LogP contribution in [0.5, 0.6) is 0 Å². The van der Waals surface area contributed by atoms with Crippen molar-refractivity contribution in [2.75, 3.05) is 9.80 Å². The smallest absolute Gasteiger partial charge is 0.252 e. The van der Waals surface area contributed by atoms with Crippen molar-refractivity contribution in [1.82, 2.24) is 9.13 Å². The molecule has 13 aromatic carbocycles. The lowest BCUT2D eigenvalue weighted by atomic mass is 9.33. The summed E-state index contributed by atoms with van der Waals surface area (Å²) in [6, 6.07) is 17.6. The quantitative estimate of drug-likeness (QED) is 0.134. The molecule has 1 fully saturated rings. The summed E-state index contributed by atoms with van der Waals surface area (Å²) in [5.41, 5.74) is 2.57. The van der Waals surface area contributed by atoms with Gasteiger partial charge in [0.25, 0.3) is 6.71 Å². The Kier molecular flexibility index (Phi) is 10.3. The molecule has 0 radical (unpaired) electrons. The van der Waals surface area contributed by atoms with E-state index in [1.807, 2.05) is 48.5 Å². The van der Waals surface area contributed by atoms with Gasteiger partial charge in [0.1, 0.15) is 0 Å². The first-order chi connectivity index (χ1) is 61.4. The maximum atomic E-state index is 10.6. The van der Waals surface area contributed by atoms with E-state index in [1.165, 1.54) is 0 Å². The molecule has 4 heterocycles. The van der Waals surface area contributed by atoms with Crippen LogP contribution in [0.4, 0.5) is 34.1 Å². The number of benzene rings is 13. The molecule has 0 saturated heterocycles. The van der Waals surface area contributed by atoms with Gasteiger partial charge in [0.2, 0.25) is 0 Å². The van der Waals surface area contributed by atoms with Crippen LogP contribution in [0.3, 0.4) is 0 Å². The summed E-state index contributed by atoms with van der Waals surface area (Å²) in [6.07, 6.45) is 3.18. The van der Waals surface area contributed by atoms with E-state index in [4.69, 9.17) is 5.48 Å². The van der Waals surface area contributed by atoms with Gasteiger partial charge in [-0.05, 0) is 192 Å². The van der Waals surface area contributed by atoms with E-state index in [0.29, 0.717) is 53.5 Å². The van der Waals surface area contributed by atoms with Crippen LogP contribution in [-0.2, 0) is 21.7 Å². The molecule has 18 rings (SSSR count). The zero-order valence-electron chi connectivity index (χ0n) is 87.0. The largest absolute Gasteiger partial charge is 0.310 e. The molecule has 0 spiro atoms. The van der Waals surface area contributed by atoms with Crippen LogP contribution in [0.2, 0.25) is 0 Å². The maximum absolute atomic E-state index is 10.6. The van der Waals surface area contributed by atoms with Crippen LogP contribution in [-0.4, -0.2) is 15.8 Å². The van der Waals surface area contributed by atoms with Crippen LogP contribution >= 0.6 is 0 Å². The molecule has 15 aromatic rings. The average molecular weight is 1390 g/mol. The summed E-state index contributed by atoms with van der Waals surface area (Å²) in [4.78, 5) is 3.23. The molecule has 516 valence electrons. The molecule has 2 aromatic heterocycles. The standard InChI is InChI=1S/C100H93BN4/c1-97(2,3)70-44-52-86-80(58-70)81-59-71(98(4,5)6)45-53-87(81)102(86)74-48-50-84-90(62-74)104(95-76(65-32-20-14-21-33-65)40-28-41-77(95)66-34-22-15-23-35-66)92-56-69(64-30-18-13-19-31-64)57-93-94(92)101(84)85-51-49-75(103-88-54-46-72(99(7,8)9)60-82(88)83-61-73(100(10,11)12)47-55-89(83)103)63-91(85)105(93)96-78(67-36-24-16-25-37-67)42-29-43-79(96)68-38-26-17-27-39-68/h14-17,20-29,32-64H,13,18-19,30-31H2,1-12H3/i14D,15D,16D,17D,20D,21D,22D,23D,24D,25D,26D,27D,28D,29D,32D,33D,34D,35D,36D,37D,38D,39D,40D,41D,42D,43D. The van der Waals surface area contributed by atoms with Crippen LogP contribution in [0.1, 0.15) is 185 Å². The van der Waals surface area contributed by atoms with Crippen molar-refractivity contribution in [3.63, 3.8) is 0 Å². The van der Waals surface area contributed by atoms with E-state index in [0.717, 1.165) is 72.3 Å². The highest BCUT2D eigenvalue weighted by Crippen LogP contribution is 2.55. The molecular formula is C100H93BN4. The first-order valence-electron chi connectivity index (χ1n) is 49.2. The third-order valence-electron chi connectivity index (χ3n) is 21.8. The van der Waals surface area contributed by atoms with Gasteiger partial charge in [-0.3, -0.25) is 0 Å². The zero-order valence-corrected chi connectivity index (χ0v) is 61.0. The van der Waals surface area contributed by atoms with Gasteiger partial charge in [-0.25, -0.2) is 0 Å².